The predicted octanol–water partition coefficient (Wildman–Crippen LogP) is 4.80. The second-order valence-corrected chi connectivity index (χ2v) is 7.74. The molecule has 2 aromatic carbocycles. The first-order chi connectivity index (χ1) is 12.4. The summed E-state index contributed by atoms with van der Waals surface area (Å²) >= 11 is 0. The Kier molecular flexibility index (Phi) is 14.5. The van der Waals surface area contributed by atoms with Crippen LogP contribution >= 0.6 is 21.6 Å². The van der Waals surface area contributed by atoms with Gasteiger partial charge in [-0.3, -0.25) is 0 Å². The summed E-state index contributed by atoms with van der Waals surface area (Å²) in [5, 5.41) is 7.57. The minimum Gasteiger partial charge on any atom is -0.397 e. The van der Waals surface area contributed by atoms with Crippen LogP contribution < -0.4 is 0 Å². The van der Waals surface area contributed by atoms with Gasteiger partial charge >= 0.3 is 0 Å². The third kappa shape index (κ3) is 13.0. The maximum absolute atomic E-state index is 7.57. The first-order valence-corrected chi connectivity index (χ1v) is 10.9. The van der Waals surface area contributed by atoms with E-state index in [0.717, 1.165) is 24.7 Å². The monoisotopic (exact) mass is 380 g/mol. The Labute approximate surface area is 159 Å². The predicted molar refractivity (Wildman–Crippen MR) is 110 cm³/mol. The van der Waals surface area contributed by atoms with Crippen LogP contribution in [0.3, 0.4) is 0 Å². The molecule has 0 amide bonds. The standard InChI is InChI=1S/C18H22O2S2.C2H6O/c1-3-7-17(8-4-1)15-19-11-13-21-22-14-12-20-16-18-9-5-2-6-10-18;1-2-3/h1-10H,11-16H2;3H,2H2,1H3. The van der Waals surface area contributed by atoms with E-state index in [2.05, 4.69) is 24.3 Å². The first kappa shape index (κ1) is 22.1. The highest BCUT2D eigenvalue weighted by atomic mass is 33.1. The quantitative estimate of drug-likeness (QED) is 0.448. The molecule has 0 aliphatic heterocycles. The van der Waals surface area contributed by atoms with Gasteiger partial charge in [0.05, 0.1) is 26.4 Å². The second-order valence-electron chi connectivity index (χ2n) is 5.04. The number of ether oxygens (including phenoxy) is 2. The van der Waals surface area contributed by atoms with Gasteiger partial charge < -0.3 is 14.6 Å². The van der Waals surface area contributed by atoms with Gasteiger partial charge in [-0.15, -0.1) is 0 Å². The van der Waals surface area contributed by atoms with Crippen molar-refractivity contribution in [2.24, 2.45) is 0 Å². The number of rotatable bonds is 11. The molecule has 5 heteroatoms. The summed E-state index contributed by atoms with van der Waals surface area (Å²) in [6, 6.07) is 20.6. The number of hydrogen-bond acceptors (Lipinski definition) is 5. The minimum absolute atomic E-state index is 0.250. The van der Waals surface area contributed by atoms with Crippen molar-refractivity contribution in [1.29, 1.82) is 0 Å². The smallest absolute Gasteiger partial charge is 0.0717 e. The van der Waals surface area contributed by atoms with Crippen molar-refractivity contribution in [1.82, 2.24) is 0 Å². The summed E-state index contributed by atoms with van der Waals surface area (Å²) < 4.78 is 11.3. The molecule has 138 valence electrons. The lowest BCUT2D eigenvalue weighted by Gasteiger charge is -2.05. The minimum atomic E-state index is 0.250. The molecule has 0 aliphatic rings. The maximum atomic E-state index is 7.57. The fourth-order valence-corrected chi connectivity index (χ4v) is 3.56. The van der Waals surface area contributed by atoms with Crippen LogP contribution in [-0.4, -0.2) is 36.4 Å². The Morgan fingerprint density at radius 3 is 1.44 bits per heavy atom. The third-order valence-electron chi connectivity index (χ3n) is 2.93. The van der Waals surface area contributed by atoms with Crippen molar-refractivity contribution in [3.63, 3.8) is 0 Å². The van der Waals surface area contributed by atoms with Gasteiger partial charge in [-0.25, -0.2) is 0 Å². The Balaban J connectivity index is 0.000000970. The summed E-state index contributed by atoms with van der Waals surface area (Å²) in [5.41, 5.74) is 2.46. The van der Waals surface area contributed by atoms with Gasteiger partial charge in [0.25, 0.3) is 0 Å². The van der Waals surface area contributed by atoms with Crippen molar-refractivity contribution in [2.45, 2.75) is 20.1 Å². The normalized spacial score (nSPS) is 10.2. The molecule has 0 radical (unpaired) electrons. The highest BCUT2D eigenvalue weighted by molar-refractivity contribution is 8.76. The zero-order valence-corrected chi connectivity index (χ0v) is 16.4. The van der Waals surface area contributed by atoms with Crippen LogP contribution in [0.4, 0.5) is 0 Å². The van der Waals surface area contributed by atoms with E-state index in [4.69, 9.17) is 14.6 Å². The fourth-order valence-electron chi connectivity index (χ4n) is 1.83. The summed E-state index contributed by atoms with van der Waals surface area (Å²) in [7, 11) is 3.69. The van der Waals surface area contributed by atoms with Crippen molar-refractivity contribution in [3.8, 4) is 0 Å². The van der Waals surface area contributed by atoms with Crippen LogP contribution in [-0.2, 0) is 22.7 Å². The van der Waals surface area contributed by atoms with E-state index >= 15 is 0 Å². The zero-order valence-electron chi connectivity index (χ0n) is 14.8. The molecule has 0 spiro atoms. The van der Waals surface area contributed by atoms with E-state index in [1.54, 1.807) is 6.92 Å². The molecular weight excluding hydrogens is 352 g/mol. The van der Waals surface area contributed by atoms with Crippen LogP contribution in [0.2, 0.25) is 0 Å². The van der Waals surface area contributed by atoms with Crippen molar-refractivity contribution in [2.75, 3.05) is 31.3 Å². The number of aliphatic hydroxyl groups excluding tert-OH is 1. The lowest BCUT2D eigenvalue weighted by molar-refractivity contribution is 0.136. The van der Waals surface area contributed by atoms with Crippen molar-refractivity contribution in [3.05, 3.63) is 71.8 Å². The lowest BCUT2D eigenvalue weighted by atomic mass is 10.2. The number of hydrogen-bond donors (Lipinski definition) is 1. The number of aliphatic hydroxyl groups is 1. The molecule has 2 rings (SSSR count). The van der Waals surface area contributed by atoms with E-state index in [1.807, 2.05) is 58.0 Å². The van der Waals surface area contributed by atoms with Gasteiger partial charge in [0.15, 0.2) is 0 Å². The Bertz CT molecular complexity index is 461. The van der Waals surface area contributed by atoms with Crippen LogP contribution in [0.1, 0.15) is 18.1 Å². The average Bonchev–Trinajstić information content (AvgIpc) is 2.65. The highest BCUT2D eigenvalue weighted by Crippen LogP contribution is 2.20. The molecule has 0 unspecified atom stereocenters. The molecule has 0 fully saturated rings. The Morgan fingerprint density at radius 2 is 1.08 bits per heavy atom. The summed E-state index contributed by atoms with van der Waals surface area (Å²) in [5.74, 6) is 2.02. The largest absolute Gasteiger partial charge is 0.397 e. The molecule has 25 heavy (non-hydrogen) atoms. The molecule has 2 aromatic rings. The Morgan fingerprint density at radius 1 is 0.720 bits per heavy atom. The molecule has 0 saturated carbocycles. The van der Waals surface area contributed by atoms with E-state index in [1.165, 1.54) is 11.1 Å². The van der Waals surface area contributed by atoms with Crippen LogP contribution in [0, 0.1) is 0 Å². The summed E-state index contributed by atoms with van der Waals surface area (Å²) in [4.78, 5) is 0. The maximum Gasteiger partial charge on any atom is 0.0717 e. The highest BCUT2D eigenvalue weighted by Gasteiger charge is 1.95. The van der Waals surface area contributed by atoms with E-state index in [9.17, 15) is 0 Å². The third-order valence-corrected chi connectivity index (χ3v) is 5.26. The fraction of sp³-hybridized carbons (Fsp3) is 0.400. The molecule has 0 heterocycles. The molecule has 1 N–H and O–H groups in total. The van der Waals surface area contributed by atoms with E-state index in [-0.39, 0.29) is 6.61 Å². The van der Waals surface area contributed by atoms with Gasteiger partial charge in [-0.05, 0) is 18.1 Å². The lowest BCUT2D eigenvalue weighted by Crippen LogP contribution is -1.99. The van der Waals surface area contributed by atoms with Crippen molar-refractivity contribution < 1.29 is 14.6 Å². The first-order valence-electron chi connectivity index (χ1n) is 8.45. The molecule has 0 aliphatic carbocycles. The van der Waals surface area contributed by atoms with Gasteiger partial charge in [-0.1, -0.05) is 82.3 Å². The summed E-state index contributed by atoms with van der Waals surface area (Å²) in [6.07, 6.45) is 0. The van der Waals surface area contributed by atoms with Gasteiger partial charge in [0.1, 0.15) is 0 Å². The van der Waals surface area contributed by atoms with Crippen LogP contribution in [0.5, 0.6) is 0 Å². The van der Waals surface area contributed by atoms with Crippen LogP contribution in [0.25, 0.3) is 0 Å². The van der Waals surface area contributed by atoms with Gasteiger partial charge in [0, 0.05) is 18.1 Å². The second kappa shape index (κ2) is 16.5. The van der Waals surface area contributed by atoms with Crippen LogP contribution in [0.15, 0.2) is 60.7 Å². The number of benzene rings is 2. The molecular formula is C20H28O3S2. The molecule has 3 nitrogen and oxygen atoms in total. The summed E-state index contributed by atoms with van der Waals surface area (Å²) in [6.45, 7) is 4.91. The van der Waals surface area contributed by atoms with Gasteiger partial charge in [0.2, 0.25) is 0 Å². The molecule has 0 atom stereocenters. The zero-order chi connectivity index (χ0) is 18.0. The Hall–Kier alpha value is -0.980. The molecule has 0 aromatic heterocycles. The molecule has 0 bridgehead atoms. The SMILES string of the molecule is CCO.c1ccc(COCCSSCCOCc2ccccc2)cc1. The topological polar surface area (TPSA) is 38.7 Å². The van der Waals surface area contributed by atoms with Gasteiger partial charge in [-0.2, -0.15) is 0 Å². The van der Waals surface area contributed by atoms with Crippen molar-refractivity contribution >= 4 is 21.6 Å². The average molecular weight is 381 g/mol. The molecule has 0 saturated heterocycles. The van der Waals surface area contributed by atoms with E-state index in [0.29, 0.717) is 13.2 Å². The van der Waals surface area contributed by atoms with E-state index < -0.39 is 0 Å².